The third-order valence-corrected chi connectivity index (χ3v) is 1.64. The van der Waals surface area contributed by atoms with Crippen LogP contribution in [-0.2, 0) is 0 Å². The van der Waals surface area contributed by atoms with E-state index in [-0.39, 0.29) is 0 Å². The lowest BCUT2D eigenvalue weighted by Gasteiger charge is -2.22. The zero-order valence-electron chi connectivity index (χ0n) is 5.81. The number of nitrogens with two attached hydrogens (primary N) is 2. The summed E-state index contributed by atoms with van der Waals surface area (Å²) in [6, 6.07) is -0.748. The zero-order chi connectivity index (χ0) is 8.48. The Kier molecular flexibility index (Phi) is 1.76. The van der Waals surface area contributed by atoms with Crippen LogP contribution in [0.4, 0.5) is 0 Å². The van der Waals surface area contributed by atoms with Gasteiger partial charge < -0.3 is 5.73 Å². The van der Waals surface area contributed by atoms with Crippen molar-refractivity contribution in [2.45, 2.75) is 11.7 Å². The number of rotatable bonds is 1. The molecule has 0 fully saturated rings. The molecule has 0 saturated heterocycles. The van der Waals surface area contributed by atoms with Crippen molar-refractivity contribution in [3.63, 3.8) is 0 Å². The van der Waals surface area contributed by atoms with Crippen LogP contribution in [0.1, 0.15) is 0 Å². The standard InChI is InChI=1S/C6H9N3O2/c7-5-3-1-2-4-6(5,8)9(10)11/h1-5H,7-8H2. The van der Waals surface area contributed by atoms with Crippen LogP contribution < -0.4 is 11.5 Å². The Morgan fingerprint density at radius 3 is 2.55 bits per heavy atom. The van der Waals surface area contributed by atoms with Crippen molar-refractivity contribution in [2.24, 2.45) is 11.5 Å². The molecular weight excluding hydrogens is 146 g/mol. The first-order chi connectivity index (χ1) is 5.07. The fourth-order valence-electron chi connectivity index (χ4n) is 0.841. The van der Waals surface area contributed by atoms with Gasteiger partial charge in [0.25, 0.3) is 0 Å². The highest BCUT2D eigenvalue weighted by atomic mass is 16.6. The first kappa shape index (κ1) is 7.90. The van der Waals surface area contributed by atoms with Crippen molar-refractivity contribution in [1.82, 2.24) is 0 Å². The average Bonchev–Trinajstić information content (AvgIpc) is 1.95. The molecule has 60 valence electrons. The zero-order valence-corrected chi connectivity index (χ0v) is 5.81. The summed E-state index contributed by atoms with van der Waals surface area (Å²) in [4.78, 5) is 9.82. The molecular formula is C6H9N3O2. The molecule has 0 aromatic heterocycles. The molecule has 2 atom stereocenters. The van der Waals surface area contributed by atoms with Gasteiger partial charge in [0.05, 0.1) is 0 Å². The number of nitrogens with zero attached hydrogens (tertiary/aromatic N) is 1. The van der Waals surface area contributed by atoms with E-state index in [1.165, 1.54) is 18.2 Å². The van der Waals surface area contributed by atoms with Crippen LogP contribution in [0.5, 0.6) is 0 Å². The summed E-state index contributed by atoms with van der Waals surface area (Å²) in [6.45, 7) is 0. The molecule has 1 rings (SSSR count). The highest BCUT2D eigenvalue weighted by molar-refractivity contribution is 5.22. The van der Waals surface area contributed by atoms with E-state index in [0.29, 0.717) is 0 Å². The van der Waals surface area contributed by atoms with Crippen molar-refractivity contribution >= 4 is 0 Å². The van der Waals surface area contributed by atoms with Gasteiger partial charge in [0.15, 0.2) is 0 Å². The normalized spacial score (nSPS) is 35.6. The fourth-order valence-corrected chi connectivity index (χ4v) is 0.841. The van der Waals surface area contributed by atoms with Crippen LogP contribution in [0, 0.1) is 10.1 Å². The number of nitro groups is 1. The van der Waals surface area contributed by atoms with Crippen LogP contribution in [0.2, 0.25) is 0 Å². The summed E-state index contributed by atoms with van der Waals surface area (Å²) in [6.07, 6.45) is 5.95. The van der Waals surface area contributed by atoms with Crippen molar-refractivity contribution in [1.29, 1.82) is 0 Å². The van der Waals surface area contributed by atoms with Gasteiger partial charge in [-0.05, 0) is 0 Å². The van der Waals surface area contributed by atoms with Crippen molar-refractivity contribution in [3.05, 3.63) is 34.4 Å². The fraction of sp³-hybridized carbons (Fsp3) is 0.333. The first-order valence-corrected chi connectivity index (χ1v) is 3.12. The summed E-state index contributed by atoms with van der Waals surface area (Å²) in [5.41, 5.74) is 9.16. The third kappa shape index (κ3) is 1.15. The molecule has 0 spiro atoms. The number of allylic oxidation sites excluding steroid dienone is 2. The number of hydrogen-bond donors (Lipinski definition) is 2. The second-order valence-electron chi connectivity index (χ2n) is 2.41. The monoisotopic (exact) mass is 155 g/mol. The van der Waals surface area contributed by atoms with Gasteiger partial charge >= 0.3 is 5.66 Å². The van der Waals surface area contributed by atoms with E-state index in [4.69, 9.17) is 11.5 Å². The Morgan fingerprint density at radius 1 is 1.55 bits per heavy atom. The van der Waals surface area contributed by atoms with Crippen molar-refractivity contribution < 1.29 is 4.92 Å². The molecule has 1 aliphatic carbocycles. The molecule has 5 nitrogen and oxygen atoms in total. The summed E-state index contributed by atoms with van der Waals surface area (Å²) < 4.78 is 0. The van der Waals surface area contributed by atoms with E-state index in [9.17, 15) is 10.1 Å². The minimum Gasteiger partial charge on any atom is -0.317 e. The van der Waals surface area contributed by atoms with Gasteiger partial charge in [-0.2, -0.15) is 0 Å². The van der Waals surface area contributed by atoms with Crippen LogP contribution in [0.3, 0.4) is 0 Å². The van der Waals surface area contributed by atoms with E-state index in [0.717, 1.165) is 0 Å². The Bertz CT molecular complexity index is 236. The van der Waals surface area contributed by atoms with Crippen LogP contribution in [0.15, 0.2) is 24.3 Å². The van der Waals surface area contributed by atoms with Crippen molar-refractivity contribution in [3.8, 4) is 0 Å². The summed E-state index contributed by atoms with van der Waals surface area (Å²) >= 11 is 0. The lowest BCUT2D eigenvalue weighted by atomic mass is 9.98. The van der Waals surface area contributed by atoms with Gasteiger partial charge in [-0.3, -0.25) is 15.8 Å². The smallest absolute Gasteiger partial charge is 0.310 e. The van der Waals surface area contributed by atoms with E-state index in [1.54, 1.807) is 6.08 Å². The van der Waals surface area contributed by atoms with Gasteiger partial charge in [0, 0.05) is 11.0 Å². The molecule has 0 aromatic carbocycles. The number of hydrogen-bond acceptors (Lipinski definition) is 4. The predicted molar refractivity (Wildman–Crippen MR) is 40.2 cm³/mol. The lowest BCUT2D eigenvalue weighted by Crippen LogP contribution is -2.59. The van der Waals surface area contributed by atoms with Crippen LogP contribution >= 0.6 is 0 Å². The molecule has 0 bridgehead atoms. The SMILES string of the molecule is NC1C=CC=CC1(N)[N+](=O)[O-]. The first-order valence-electron chi connectivity index (χ1n) is 3.12. The Balaban J connectivity index is 2.94. The highest BCUT2D eigenvalue weighted by Crippen LogP contribution is 2.13. The van der Waals surface area contributed by atoms with Gasteiger partial charge in [-0.25, -0.2) is 0 Å². The molecule has 0 radical (unpaired) electrons. The van der Waals surface area contributed by atoms with E-state index < -0.39 is 16.6 Å². The van der Waals surface area contributed by atoms with E-state index >= 15 is 0 Å². The summed E-state index contributed by atoms with van der Waals surface area (Å²) in [5, 5.41) is 10.4. The lowest BCUT2D eigenvalue weighted by molar-refractivity contribution is -0.555. The molecule has 0 saturated carbocycles. The minimum absolute atomic E-state index is 0.586. The Hall–Kier alpha value is -1.20. The molecule has 0 aromatic rings. The van der Waals surface area contributed by atoms with Gasteiger partial charge in [0.2, 0.25) is 0 Å². The minimum atomic E-state index is -1.63. The average molecular weight is 155 g/mol. The summed E-state index contributed by atoms with van der Waals surface area (Å²) in [7, 11) is 0. The quantitative estimate of drug-likeness (QED) is 0.299. The summed E-state index contributed by atoms with van der Waals surface area (Å²) in [5.74, 6) is 0. The third-order valence-electron chi connectivity index (χ3n) is 1.64. The molecule has 0 aliphatic heterocycles. The molecule has 5 heteroatoms. The Labute approximate surface area is 63.5 Å². The van der Waals surface area contributed by atoms with E-state index in [1.807, 2.05) is 0 Å². The predicted octanol–water partition coefficient (Wildman–Crippen LogP) is -0.629. The molecule has 11 heavy (non-hydrogen) atoms. The molecule has 0 amide bonds. The second-order valence-corrected chi connectivity index (χ2v) is 2.41. The maximum absolute atomic E-state index is 10.4. The Morgan fingerprint density at radius 2 is 2.18 bits per heavy atom. The largest absolute Gasteiger partial charge is 0.317 e. The molecule has 0 heterocycles. The van der Waals surface area contributed by atoms with Gasteiger partial charge in [0.1, 0.15) is 6.04 Å². The second kappa shape index (κ2) is 2.44. The maximum Gasteiger partial charge on any atom is 0.310 e. The van der Waals surface area contributed by atoms with Gasteiger partial charge in [-0.1, -0.05) is 18.2 Å². The van der Waals surface area contributed by atoms with Crippen LogP contribution in [-0.4, -0.2) is 16.6 Å². The van der Waals surface area contributed by atoms with Gasteiger partial charge in [-0.15, -0.1) is 0 Å². The molecule has 4 N–H and O–H groups in total. The maximum atomic E-state index is 10.4. The molecule has 2 unspecified atom stereocenters. The molecule has 1 aliphatic rings. The topological polar surface area (TPSA) is 95.2 Å². The van der Waals surface area contributed by atoms with Crippen LogP contribution in [0.25, 0.3) is 0 Å². The van der Waals surface area contributed by atoms with Crippen molar-refractivity contribution in [2.75, 3.05) is 0 Å². The highest BCUT2D eigenvalue weighted by Gasteiger charge is 2.41. The van der Waals surface area contributed by atoms with E-state index in [2.05, 4.69) is 0 Å².